The standard InChI is InChI=1S/C19H23N3O2/c1-19(2)16(12-8-9-24-17(12)19)22(3)15-10-13(18(20)23)11-6-4-5-7-14(11)21-15/h4-7,10,12,16-17H,8-9H2,1-3H3,(H2,20,23)/t12-,16+,17+/m0/s1. The van der Waals surface area contributed by atoms with Crippen LogP contribution in [0.15, 0.2) is 30.3 Å². The highest BCUT2D eigenvalue weighted by Crippen LogP contribution is 2.54. The number of rotatable bonds is 3. The largest absolute Gasteiger partial charge is 0.377 e. The number of aromatic nitrogens is 1. The summed E-state index contributed by atoms with van der Waals surface area (Å²) in [5.74, 6) is 0.902. The number of hydrogen-bond acceptors (Lipinski definition) is 4. The molecular formula is C19H23N3O2. The van der Waals surface area contributed by atoms with Crippen molar-refractivity contribution in [2.75, 3.05) is 18.6 Å². The molecular weight excluding hydrogens is 302 g/mol. The van der Waals surface area contributed by atoms with E-state index in [2.05, 4.69) is 25.8 Å². The molecule has 1 aliphatic heterocycles. The molecule has 1 aromatic carbocycles. The van der Waals surface area contributed by atoms with Gasteiger partial charge in [-0.25, -0.2) is 4.98 Å². The maximum Gasteiger partial charge on any atom is 0.249 e. The van der Waals surface area contributed by atoms with Gasteiger partial charge >= 0.3 is 0 Å². The number of ether oxygens (including phenoxy) is 1. The first-order valence-corrected chi connectivity index (χ1v) is 8.45. The lowest BCUT2D eigenvalue weighted by molar-refractivity contribution is -0.101. The molecule has 0 spiro atoms. The van der Waals surface area contributed by atoms with Gasteiger partial charge in [-0.05, 0) is 18.6 Å². The van der Waals surface area contributed by atoms with Gasteiger partial charge in [0, 0.05) is 36.4 Å². The summed E-state index contributed by atoms with van der Waals surface area (Å²) in [6, 6.07) is 9.81. The minimum atomic E-state index is -0.418. The molecule has 1 saturated heterocycles. The summed E-state index contributed by atoms with van der Waals surface area (Å²) < 4.78 is 5.89. The monoisotopic (exact) mass is 325 g/mol. The third kappa shape index (κ3) is 2.04. The molecule has 2 N–H and O–H groups in total. The molecule has 0 bridgehead atoms. The highest BCUT2D eigenvalue weighted by Gasteiger charge is 2.61. The summed E-state index contributed by atoms with van der Waals surface area (Å²) in [6.07, 6.45) is 1.40. The molecule has 2 aliphatic rings. The number of benzene rings is 1. The fourth-order valence-electron chi connectivity index (χ4n) is 4.77. The zero-order chi connectivity index (χ0) is 17.1. The van der Waals surface area contributed by atoms with Crippen molar-refractivity contribution in [3.8, 4) is 0 Å². The van der Waals surface area contributed by atoms with Crippen LogP contribution in [0.3, 0.4) is 0 Å². The van der Waals surface area contributed by atoms with Crippen molar-refractivity contribution >= 4 is 22.6 Å². The lowest BCUT2D eigenvalue weighted by Gasteiger charge is -2.58. The topological polar surface area (TPSA) is 68.5 Å². The van der Waals surface area contributed by atoms with E-state index < -0.39 is 5.91 Å². The molecule has 126 valence electrons. The number of anilines is 1. The SMILES string of the molecule is CN(c1cc(C(N)=O)c2ccccc2n1)[C@@H]1[C@@H]2CCO[C@H]2C1(C)C. The molecule has 4 rings (SSSR count). The first-order valence-electron chi connectivity index (χ1n) is 8.45. The minimum absolute atomic E-state index is 0.0656. The minimum Gasteiger partial charge on any atom is -0.377 e. The van der Waals surface area contributed by atoms with Crippen LogP contribution < -0.4 is 10.6 Å². The lowest BCUT2D eigenvalue weighted by atomic mass is 9.57. The molecule has 0 unspecified atom stereocenters. The van der Waals surface area contributed by atoms with Crippen LogP contribution in [-0.4, -0.2) is 36.7 Å². The van der Waals surface area contributed by atoms with E-state index in [1.807, 2.05) is 30.3 Å². The fourth-order valence-corrected chi connectivity index (χ4v) is 4.77. The number of nitrogens with zero attached hydrogens (tertiary/aromatic N) is 2. The van der Waals surface area contributed by atoms with E-state index >= 15 is 0 Å². The summed E-state index contributed by atoms with van der Waals surface area (Å²) in [5, 5.41) is 0.803. The third-order valence-corrected chi connectivity index (χ3v) is 5.79. The van der Waals surface area contributed by atoms with E-state index in [4.69, 9.17) is 15.5 Å². The smallest absolute Gasteiger partial charge is 0.249 e. The Kier molecular flexibility index (Phi) is 3.32. The summed E-state index contributed by atoms with van der Waals surface area (Å²) in [6.45, 7) is 5.33. The highest BCUT2D eigenvalue weighted by molar-refractivity contribution is 6.06. The van der Waals surface area contributed by atoms with Gasteiger partial charge in [-0.2, -0.15) is 0 Å². The van der Waals surface area contributed by atoms with Crippen LogP contribution in [0.5, 0.6) is 0 Å². The Bertz CT molecular complexity index is 817. The molecule has 1 aromatic heterocycles. The van der Waals surface area contributed by atoms with Crippen LogP contribution in [0.2, 0.25) is 0 Å². The maximum absolute atomic E-state index is 11.9. The van der Waals surface area contributed by atoms with Crippen molar-refractivity contribution in [3.05, 3.63) is 35.9 Å². The number of primary amides is 1. The van der Waals surface area contributed by atoms with Gasteiger partial charge in [0.25, 0.3) is 0 Å². The number of pyridine rings is 1. The lowest BCUT2D eigenvalue weighted by Crippen LogP contribution is -2.66. The summed E-state index contributed by atoms with van der Waals surface area (Å²) in [5.41, 5.74) is 7.00. The summed E-state index contributed by atoms with van der Waals surface area (Å²) in [4.78, 5) is 18.9. The number of amides is 1. The van der Waals surface area contributed by atoms with Crippen molar-refractivity contribution < 1.29 is 9.53 Å². The van der Waals surface area contributed by atoms with Crippen molar-refractivity contribution in [3.63, 3.8) is 0 Å². The molecule has 2 aromatic rings. The van der Waals surface area contributed by atoms with Crippen molar-refractivity contribution in [2.24, 2.45) is 17.1 Å². The molecule has 2 heterocycles. The van der Waals surface area contributed by atoms with E-state index in [1.54, 1.807) is 0 Å². The first kappa shape index (κ1) is 15.4. The number of fused-ring (bicyclic) bond motifs is 2. The molecule has 3 atom stereocenters. The van der Waals surface area contributed by atoms with E-state index in [-0.39, 0.29) is 5.41 Å². The van der Waals surface area contributed by atoms with E-state index in [0.29, 0.717) is 23.6 Å². The molecule has 1 saturated carbocycles. The van der Waals surface area contributed by atoms with Crippen LogP contribution in [0.1, 0.15) is 30.6 Å². The Balaban J connectivity index is 1.77. The van der Waals surface area contributed by atoms with Crippen LogP contribution >= 0.6 is 0 Å². The number of nitrogens with two attached hydrogens (primary N) is 1. The van der Waals surface area contributed by atoms with Gasteiger partial charge in [0.1, 0.15) is 5.82 Å². The Hall–Kier alpha value is -2.14. The van der Waals surface area contributed by atoms with Gasteiger partial charge in [-0.15, -0.1) is 0 Å². The van der Waals surface area contributed by atoms with Crippen LogP contribution in [0.4, 0.5) is 5.82 Å². The second-order valence-corrected chi connectivity index (χ2v) is 7.53. The van der Waals surface area contributed by atoms with Gasteiger partial charge in [-0.3, -0.25) is 4.79 Å². The van der Waals surface area contributed by atoms with Crippen molar-refractivity contribution in [1.29, 1.82) is 0 Å². The Morgan fingerprint density at radius 3 is 2.88 bits per heavy atom. The molecule has 1 aliphatic carbocycles. The quantitative estimate of drug-likeness (QED) is 0.942. The maximum atomic E-state index is 11.9. The summed E-state index contributed by atoms with van der Waals surface area (Å²) >= 11 is 0. The van der Waals surface area contributed by atoms with E-state index in [0.717, 1.165) is 29.7 Å². The molecule has 1 amide bonds. The fraction of sp³-hybridized carbons (Fsp3) is 0.474. The van der Waals surface area contributed by atoms with Crippen LogP contribution in [0, 0.1) is 11.3 Å². The van der Waals surface area contributed by atoms with E-state index in [9.17, 15) is 4.79 Å². The number of carbonyl (C=O) groups is 1. The van der Waals surface area contributed by atoms with Gasteiger partial charge in [0.15, 0.2) is 0 Å². The molecule has 2 fully saturated rings. The predicted octanol–water partition coefficient (Wildman–Crippen LogP) is 2.58. The van der Waals surface area contributed by atoms with Gasteiger partial charge in [-0.1, -0.05) is 32.0 Å². The Morgan fingerprint density at radius 2 is 2.12 bits per heavy atom. The van der Waals surface area contributed by atoms with E-state index in [1.165, 1.54) is 0 Å². The normalized spacial score (nSPS) is 27.5. The van der Waals surface area contributed by atoms with Crippen LogP contribution in [-0.2, 0) is 4.74 Å². The highest BCUT2D eigenvalue weighted by atomic mass is 16.5. The molecule has 24 heavy (non-hydrogen) atoms. The Morgan fingerprint density at radius 1 is 1.38 bits per heavy atom. The van der Waals surface area contributed by atoms with Crippen molar-refractivity contribution in [2.45, 2.75) is 32.4 Å². The third-order valence-electron chi connectivity index (χ3n) is 5.79. The summed E-state index contributed by atoms with van der Waals surface area (Å²) in [7, 11) is 2.06. The van der Waals surface area contributed by atoms with Gasteiger partial charge in [0.05, 0.1) is 17.2 Å². The first-order chi connectivity index (χ1) is 11.4. The molecule has 5 nitrogen and oxygen atoms in total. The number of hydrogen-bond donors (Lipinski definition) is 1. The van der Waals surface area contributed by atoms with Crippen molar-refractivity contribution in [1.82, 2.24) is 4.98 Å². The second kappa shape index (κ2) is 5.18. The zero-order valence-electron chi connectivity index (χ0n) is 14.3. The Labute approximate surface area is 141 Å². The van der Waals surface area contributed by atoms with Crippen LogP contribution in [0.25, 0.3) is 10.9 Å². The van der Waals surface area contributed by atoms with Gasteiger partial charge in [0.2, 0.25) is 5.91 Å². The average Bonchev–Trinajstić information content (AvgIpc) is 2.99. The molecule has 5 heteroatoms. The number of carbonyl (C=O) groups excluding carboxylic acids is 1. The predicted molar refractivity (Wildman–Crippen MR) is 94.1 cm³/mol. The molecule has 0 radical (unpaired) electrons. The average molecular weight is 325 g/mol. The number of para-hydroxylation sites is 1. The van der Waals surface area contributed by atoms with Gasteiger partial charge < -0.3 is 15.4 Å². The zero-order valence-corrected chi connectivity index (χ0v) is 14.3. The second-order valence-electron chi connectivity index (χ2n) is 7.53.